The molecule has 11 N–H and O–H groups in total. The molecule has 0 spiro atoms. The van der Waals surface area contributed by atoms with Gasteiger partial charge in [-0.15, -0.1) is 0 Å². The van der Waals surface area contributed by atoms with Crippen molar-refractivity contribution in [2.24, 2.45) is 0 Å². The minimum absolute atomic E-state index is 0.136. The van der Waals surface area contributed by atoms with Crippen LogP contribution in [-0.2, 0) is 44.4 Å². The maximum atomic E-state index is 13.2. The lowest BCUT2D eigenvalue weighted by Crippen LogP contribution is -2.65. The monoisotopic (exact) mass is 756 g/mol. The SMILES string of the molecule is C[C@H]1O[C@H](O[C@H]2[C@H](O)[C@@H](OCCc3ccc(O)c(O)c3)O[C@@H](CO[C@H]3OC[C@@](O)(CO)[C@@H]3O)[C@@H]2OC(=O)/C=C/c2ccc(O)c(O)c2)[C@@H](O)[C@@H](O)[C@@H]1O. The molecule has 0 amide bonds. The zero-order valence-corrected chi connectivity index (χ0v) is 28.3. The van der Waals surface area contributed by atoms with E-state index < -0.39 is 117 Å². The van der Waals surface area contributed by atoms with Crippen LogP contribution in [0, 0.1) is 0 Å². The zero-order chi connectivity index (χ0) is 38.6. The third-order valence-electron chi connectivity index (χ3n) is 9.09. The number of carbonyl (C=O) groups is 1. The van der Waals surface area contributed by atoms with Crippen LogP contribution < -0.4 is 0 Å². The number of hydrogen-bond acceptors (Lipinski definition) is 19. The summed E-state index contributed by atoms with van der Waals surface area (Å²) in [5, 5.41) is 112. The first-order chi connectivity index (χ1) is 25.1. The van der Waals surface area contributed by atoms with E-state index in [2.05, 4.69) is 0 Å². The predicted molar refractivity (Wildman–Crippen MR) is 174 cm³/mol. The number of carbonyl (C=O) groups excluding carboxylic acids is 1. The summed E-state index contributed by atoms with van der Waals surface area (Å²) in [6.45, 7) is -0.718. The number of rotatable bonds is 13. The lowest BCUT2D eigenvalue weighted by atomic mass is 9.96. The van der Waals surface area contributed by atoms with Gasteiger partial charge in [0.2, 0.25) is 0 Å². The van der Waals surface area contributed by atoms with Crippen LogP contribution in [0.1, 0.15) is 18.1 Å². The number of benzene rings is 2. The van der Waals surface area contributed by atoms with E-state index in [1.165, 1.54) is 49.4 Å². The second kappa shape index (κ2) is 17.2. The van der Waals surface area contributed by atoms with E-state index in [9.17, 15) is 61.0 Å². The molecule has 13 atom stereocenters. The zero-order valence-electron chi connectivity index (χ0n) is 28.3. The Morgan fingerprint density at radius 1 is 0.830 bits per heavy atom. The summed E-state index contributed by atoms with van der Waals surface area (Å²) in [4.78, 5) is 13.2. The van der Waals surface area contributed by atoms with E-state index in [1.54, 1.807) is 0 Å². The van der Waals surface area contributed by atoms with Gasteiger partial charge in [0.15, 0.2) is 48.0 Å². The van der Waals surface area contributed by atoms with Gasteiger partial charge in [0.25, 0.3) is 0 Å². The summed E-state index contributed by atoms with van der Waals surface area (Å²) < 4.78 is 40.0. The van der Waals surface area contributed by atoms with Crippen molar-refractivity contribution in [1.82, 2.24) is 0 Å². The molecule has 3 aliphatic rings. The van der Waals surface area contributed by atoms with Crippen LogP contribution in [0.3, 0.4) is 0 Å². The molecule has 294 valence electrons. The summed E-state index contributed by atoms with van der Waals surface area (Å²) in [5.74, 6) is -2.62. The molecule has 5 rings (SSSR count). The van der Waals surface area contributed by atoms with Crippen LogP contribution >= 0.6 is 0 Å². The second-order valence-electron chi connectivity index (χ2n) is 13.0. The average Bonchev–Trinajstić information content (AvgIpc) is 3.42. The number of aromatic hydroxyl groups is 4. The fourth-order valence-electron chi connectivity index (χ4n) is 5.87. The molecule has 0 aromatic heterocycles. The van der Waals surface area contributed by atoms with Crippen molar-refractivity contribution in [1.29, 1.82) is 0 Å². The van der Waals surface area contributed by atoms with Gasteiger partial charge in [-0.3, -0.25) is 0 Å². The van der Waals surface area contributed by atoms with Gasteiger partial charge in [-0.1, -0.05) is 12.1 Å². The van der Waals surface area contributed by atoms with Crippen LogP contribution in [0.4, 0.5) is 0 Å². The molecule has 0 bridgehead atoms. The normalized spacial score (nSPS) is 36.2. The molecule has 3 heterocycles. The highest BCUT2D eigenvalue weighted by Gasteiger charge is 2.54. The third kappa shape index (κ3) is 9.35. The topological polar surface area (TPSA) is 304 Å². The summed E-state index contributed by atoms with van der Waals surface area (Å²) in [5.41, 5.74) is -1.24. The minimum atomic E-state index is -2.05. The van der Waals surface area contributed by atoms with E-state index in [1.807, 2.05) is 0 Å². The fraction of sp³-hybridized carbons (Fsp3) is 0.559. The quantitative estimate of drug-likeness (QED) is 0.0569. The first-order valence-corrected chi connectivity index (χ1v) is 16.6. The molecule has 0 saturated carbocycles. The minimum Gasteiger partial charge on any atom is -0.504 e. The fourth-order valence-corrected chi connectivity index (χ4v) is 5.87. The molecule has 0 radical (unpaired) electrons. The second-order valence-corrected chi connectivity index (χ2v) is 13.0. The van der Waals surface area contributed by atoms with Gasteiger partial charge in [-0.05, 0) is 54.8 Å². The molecule has 19 heteroatoms. The van der Waals surface area contributed by atoms with Gasteiger partial charge in [-0.25, -0.2) is 4.79 Å². The Balaban J connectivity index is 1.42. The summed E-state index contributed by atoms with van der Waals surface area (Å²) in [6.07, 6.45) is -17.0. The highest BCUT2D eigenvalue weighted by molar-refractivity contribution is 5.87. The molecule has 2 aromatic rings. The Kier molecular flexibility index (Phi) is 13.2. The largest absolute Gasteiger partial charge is 0.504 e. The van der Waals surface area contributed by atoms with Crippen molar-refractivity contribution in [2.75, 3.05) is 26.4 Å². The summed E-state index contributed by atoms with van der Waals surface area (Å²) >= 11 is 0. The Bertz CT molecular complexity index is 1570. The number of phenolic OH excluding ortho intramolecular Hbond substituents is 4. The van der Waals surface area contributed by atoms with Crippen LogP contribution in [0.25, 0.3) is 6.08 Å². The molecular weight excluding hydrogens is 712 g/mol. The number of esters is 1. The summed E-state index contributed by atoms with van der Waals surface area (Å²) in [7, 11) is 0. The molecule has 3 aliphatic heterocycles. The van der Waals surface area contributed by atoms with Crippen LogP contribution in [0.5, 0.6) is 23.0 Å². The highest BCUT2D eigenvalue weighted by atomic mass is 16.8. The molecule has 53 heavy (non-hydrogen) atoms. The average molecular weight is 757 g/mol. The van der Waals surface area contributed by atoms with Crippen LogP contribution in [0.15, 0.2) is 42.5 Å². The number of aliphatic hydroxyl groups excluding tert-OH is 6. The van der Waals surface area contributed by atoms with E-state index in [0.29, 0.717) is 5.56 Å². The van der Waals surface area contributed by atoms with Crippen molar-refractivity contribution >= 4 is 12.0 Å². The molecule has 19 nitrogen and oxygen atoms in total. The van der Waals surface area contributed by atoms with Gasteiger partial charge in [0.1, 0.15) is 48.3 Å². The van der Waals surface area contributed by atoms with E-state index >= 15 is 0 Å². The summed E-state index contributed by atoms with van der Waals surface area (Å²) in [6, 6.07) is 7.83. The van der Waals surface area contributed by atoms with E-state index in [4.69, 9.17) is 33.2 Å². The standard InChI is InChI=1S/C34H44O19/c1-15-24(41)25(42)26(43)32(50-15)53-29-27(44)31(47-9-8-17-3-6-19(37)21(39)11-17)51-22(12-48-33-30(45)34(46,13-35)14-49-33)28(29)52-23(40)7-4-16-2-5-18(36)20(38)10-16/h2-7,10-11,15,22,24-33,35-39,41-46H,8-9,12-14H2,1H3/b7-4+/t15-,22+,24-,25+,26+,27+,28+,29+,30-,31+,32-,33+,34+/m1/s1. The molecule has 3 saturated heterocycles. The third-order valence-corrected chi connectivity index (χ3v) is 9.09. The van der Waals surface area contributed by atoms with Crippen molar-refractivity contribution in [3.05, 3.63) is 53.6 Å². The first kappa shape index (κ1) is 40.5. The van der Waals surface area contributed by atoms with Gasteiger partial charge in [0.05, 0.1) is 32.5 Å². The van der Waals surface area contributed by atoms with Gasteiger partial charge < -0.3 is 89.3 Å². The Hall–Kier alpha value is -3.67. The van der Waals surface area contributed by atoms with E-state index in [-0.39, 0.29) is 30.1 Å². The molecule has 0 unspecified atom stereocenters. The van der Waals surface area contributed by atoms with Crippen molar-refractivity contribution in [2.45, 2.75) is 92.8 Å². The van der Waals surface area contributed by atoms with Gasteiger partial charge >= 0.3 is 5.97 Å². The lowest BCUT2D eigenvalue weighted by molar-refractivity contribution is -0.360. The van der Waals surface area contributed by atoms with Crippen molar-refractivity contribution in [3.63, 3.8) is 0 Å². The number of aliphatic hydroxyl groups is 7. The van der Waals surface area contributed by atoms with Gasteiger partial charge in [0, 0.05) is 6.08 Å². The van der Waals surface area contributed by atoms with E-state index in [0.717, 1.165) is 6.08 Å². The highest BCUT2D eigenvalue weighted by Crippen LogP contribution is 2.34. The maximum Gasteiger partial charge on any atom is 0.331 e. The number of hydrogen-bond donors (Lipinski definition) is 11. The first-order valence-electron chi connectivity index (χ1n) is 16.6. The number of ether oxygens (including phenoxy) is 7. The Morgan fingerprint density at radius 3 is 2.19 bits per heavy atom. The van der Waals surface area contributed by atoms with Crippen LogP contribution in [0.2, 0.25) is 0 Å². The van der Waals surface area contributed by atoms with Crippen LogP contribution in [-0.4, -0.2) is 168 Å². The predicted octanol–water partition coefficient (Wildman–Crippen LogP) is -2.55. The number of phenols is 4. The lowest BCUT2D eigenvalue weighted by Gasteiger charge is -2.46. The molecular formula is C34H44O19. The molecule has 2 aromatic carbocycles. The van der Waals surface area contributed by atoms with Gasteiger partial charge in [-0.2, -0.15) is 0 Å². The Labute approximate surface area is 302 Å². The smallest absolute Gasteiger partial charge is 0.331 e. The Morgan fingerprint density at radius 2 is 1.53 bits per heavy atom. The van der Waals surface area contributed by atoms with Crippen molar-refractivity contribution < 1.29 is 94.1 Å². The van der Waals surface area contributed by atoms with Crippen molar-refractivity contribution in [3.8, 4) is 23.0 Å². The maximum absolute atomic E-state index is 13.2. The molecule has 3 fully saturated rings. The molecule has 0 aliphatic carbocycles.